The van der Waals surface area contributed by atoms with Gasteiger partial charge in [0.2, 0.25) is 0 Å². The molecule has 0 radical (unpaired) electrons. The fraction of sp³-hybridized carbons (Fsp3) is 0.462. The van der Waals surface area contributed by atoms with Gasteiger partial charge in [-0.15, -0.1) is 0 Å². The second-order valence-electron chi connectivity index (χ2n) is 4.42. The van der Waals surface area contributed by atoms with Crippen LogP contribution in [0.4, 0.5) is 0 Å². The lowest BCUT2D eigenvalue weighted by atomic mass is 10.1. The van der Waals surface area contributed by atoms with E-state index in [1.54, 1.807) is 11.3 Å². The Morgan fingerprint density at radius 3 is 2.88 bits per heavy atom. The molecule has 0 bridgehead atoms. The lowest BCUT2D eigenvalue weighted by molar-refractivity contribution is 0.391. The molecule has 2 rings (SSSR count). The van der Waals surface area contributed by atoms with Gasteiger partial charge in [0, 0.05) is 18.2 Å². The molecular formula is C13H18N2OS. The van der Waals surface area contributed by atoms with Crippen molar-refractivity contribution in [1.82, 2.24) is 10.5 Å². The van der Waals surface area contributed by atoms with Crippen molar-refractivity contribution in [3.05, 3.63) is 39.4 Å². The molecule has 0 aliphatic rings. The zero-order chi connectivity index (χ0) is 12.3. The quantitative estimate of drug-likeness (QED) is 0.886. The van der Waals surface area contributed by atoms with Gasteiger partial charge in [-0.1, -0.05) is 5.16 Å². The van der Waals surface area contributed by atoms with Crippen molar-refractivity contribution in [2.24, 2.45) is 0 Å². The Kier molecular flexibility index (Phi) is 3.97. The number of thiophene rings is 1. The minimum Gasteiger partial charge on any atom is -0.361 e. The van der Waals surface area contributed by atoms with Crippen molar-refractivity contribution < 1.29 is 4.52 Å². The molecule has 4 heteroatoms. The maximum Gasteiger partial charge on any atom is 0.138 e. The van der Waals surface area contributed by atoms with Crippen LogP contribution in [-0.2, 0) is 13.0 Å². The Bertz CT molecular complexity index is 442. The Balaban J connectivity index is 1.86. The average molecular weight is 250 g/mol. The minimum atomic E-state index is 0.457. The average Bonchev–Trinajstić information content (AvgIpc) is 2.88. The van der Waals surface area contributed by atoms with Crippen molar-refractivity contribution in [3.63, 3.8) is 0 Å². The van der Waals surface area contributed by atoms with E-state index in [0.29, 0.717) is 6.04 Å². The van der Waals surface area contributed by atoms with E-state index in [0.717, 1.165) is 24.4 Å². The van der Waals surface area contributed by atoms with Crippen LogP contribution >= 0.6 is 11.3 Å². The first-order valence-electron chi connectivity index (χ1n) is 5.83. The first kappa shape index (κ1) is 12.3. The Hall–Kier alpha value is -1.13. The SMILES string of the molecule is Cc1noc(C)c1CNC(C)Cc1ccsc1. The van der Waals surface area contributed by atoms with Crippen LogP contribution in [0.25, 0.3) is 0 Å². The number of rotatable bonds is 5. The van der Waals surface area contributed by atoms with E-state index in [4.69, 9.17) is 4.52 Å². The van der Waals surface area contributed by atoms with Gasteiger partial charge in [-0.05, 0) is 49.6 Å². The number of hydrogen-bond donors (Lipinski definition) is 1. The molecule has 17 heavy (non-hydrogen) atoms. The largest absolute Gasteiger partial charge is 0.361 e. The summed E-state index contributed by atoms with van der Waals surface area (Å²) < 4.78 is 5.15. The molecule has 0 aliphatic heterocycles. The topological polar surface area (TPSA) is 38.1 Å². The summed E-state index contributed by atoms with van der Waals surface area (Å²) in [5, 5.41) is 11.8. The zero-order valence-electron chi connectivity index (χ0n) is 10.5. The van der Waals surface area contributed by atoms with Gasteiger partial charge in [-0.25, -0.2) is 0 Å². The predicted molar refractivity (Wildman–Crippen MR) is 70.3 cm³/mol. The highest BCUT2D eigenvalue weighted by atomic mass is 32.1. The molecule has 92 valence electrons. The van der Waals surface area contributed by atoms with Crippen LogP contribution in [0, 0.1) is 13.8 Å². The molecule has 0 amide bonds. The maximum atomic E-state index is 5.15. The van der Waals surface area contributed by atoms with Crippen molar-refractivity contribution in [1.29, 1.82) is 0 Å². The summed E-state index contributed by atoms with van der Waals surface area (Å²) in [6.45, 7) is 6.97. The summed E-state index contributed by atoms with van der Waals surface area (Å²) in [5.41, 5.74) is 3.56. The number of hydrogen-bond acceptors (Lipinski definition) is 4. The van der Waals surface area contributed by atoms with Gasteiger partial charge in [0.15, 0.2) is 0 Å². The molecule has 0 saturated heterocycles. The van der Waals surface area contributed by atoms with Crippen molar-refractivity contribution in [2.75, 3.05) is 0 Å². The van der Waals surface area contributed by atoms with Crippen LogP contribution in [0.5, 0.6) is 0 Å². The summed E-state index contributed by atoms with van der Waals surface area (Å²) >= 11 is 1.75. The molecule has 0 saturated carbocycles. The third kappa shape index (κ3) is 3.17. The zero-order valence-corrected chi connectivity index (χ0v) is 11.3. The molecule has 1 atom stereocenters. The standard InChI is InChI=1S/C13H18N2OS/c1-9(6-12-4-5-17-8-12)14-7-13-10(2)15-16-11(13)3/h4-5,8-9,14H,6-7H2,1-3H3. The fourth-order valence-corrected chi connectivity index (χ4v) is 2.55. The Morgan fingerprint density at radius 2 is 2.29 bits per heavy atom. The first-order valence-corrected chi connectivity index (χ1v) is 6.77. The van der Waals surface area contributed by atoms with Gasteiger partial charge >= 0.3 is 0 Å². The molecule has 1 N–H and O–H groups in total. The van der Waals surface area contributed by atoms with Crippen LogP contribution in [0.2, 0.25) is 0 Å². The summed E-state index contributed by atoms with van der Waals surface area (Å²) in [6, 6.07) is 2.64. The van der Waals surface area contributed by atoms with Crippen molar-refractivity contribution in [3.8, 4) is 0 Å². The van der Waals surface area contributed by atoms with Crippen LogP contribution in [0.3, 0.4) is 0 Å². The maximum absolute atomic E-state index is 5.15. The summed E-state index contributed by atoms with van der Waals surface area (Å²) in [4.78, 5) is 0. The molecule has 0 spiro atoms. The molecule has 2 aromatic heterocycles. The van der Waals surface area contributed by atoms with E-state index >= 15 is 0 Å². The van der Waals surface area contributed by atoms with Gasteiger partial charge in [0.1, 0.15) is 5.76 Å². The van der Waals surface area contributed by atoms with E-state index in [-0.39, 0.29) is 0 Å². The highest BCUT2D eigenvalue weighted by molar-refractivity contribution is 7.07. The second kappa shape index (κ2) is 5.47. The van der Waals surface area contributed by atoms with Gasteiger partial charge in [0.05, 0.1) is 5.69 Å². The minimum absolute atomic E-state index is 0.457. The number of aromatic nitrogens is 1. The van der Waals surface area contributed by atoms with Crippen molar-refractivity contribution in [2.45, 2.75) is 39.8 Å². The van der Waals surface area contributed by atoms with Crippen LogP contribution in [0.15, 0.2) is 21.3 Å². The number of nitrogens with one attached hydrogen (secondary N) is 1. The molecule has 2 heterocycles. The monoisotopic (exact) mass is 250 g/mol. The van der Waals surface area contributed by atoms with Gasteiger partial charge in [0.25, 0.3) is 0 Å². The first-order chi connectivity index (χ1) is 8.16. The molecule has 0 fully saturated rings. The Labute approximate surface area is 106 Å². The lowest BCUT2D eigenvalue weighted by Gasteiger charge is -2.12. The van der Waals surface area contributed by atoms with Gasteiger partial charge < -0.3 is 9.84 Å². The van der Waals surface area contributed by atoms with Crippen LogP contribution in [-0.4, -0.2) is 11.2 Å². The normalized spacial score (nSPS) is 12.9. The number of aryl methyl sites for hydroxylation is 2. The molecule has 0 aromatic carbocycles. The van der Waals surface area contributed by atoms with Crippen LogP contribution in [0.1, 0.15) is 29.5 Å². The number of nitrogens with zero attached hydrogens (tertiary/aromatic N) is 1. The second-order valence-corrected chi connectivity index (χ2v) is 5.20. The van der Waals surface area contributed by atoms with E-state index in [9.17, 15) is 0 Å². The van der Waals surface area contributed by atoms with Gasteiger partial charge in [-0.3, -0.25) is 0 Å². The molecular weight excluding hydrogens is 232 g/mol. The van der Waals surface area contributed by atoms with E-state index in [1.807, 2.05) is 13.8 Å². The highest BCUT2D eigenvalue weighted by Gasteiger charge is 2.10. The predicted octanol–water partition coefficient (Wildman–Crippen LogP) is 3.07. The Morgan fingerprint density at radius 1 is 1.47 bits per heavy atom. The van der Waals surface area contributed by atoms with Gasteiger partial charge in [-0.2, -0.15) is 11.3 Å². The fourth-order valence-electron chi connectivity index (χ4n) is 1.87. The van der Waals surface area contributed by atoms with E-state index in [1.165, 1.54) is 11.1 Å². The lowest BCUT2D eigenvalue weighted by Crippen LogP contribution is -2.27. The summed E-state index contributed by atoms with van der Waals surface area (Å²) in [6.07, 6.45) is 1.06. The summed E-state index contributed by atoms with van der Waals surface area (Å²) in [5.74, 6) is 0.915. The van der Waals surface area contributed by atoms with E-state index < -0.39 is 0 Å². The molecule has 0 aliphatic carbocycles. The third-order valence-electron chi connectivity index (χ3n) is 2.93. The smallest absolute Gasteiger partial charge is 0.138 e. The highest BCUT2D eigenvalue weighted by Crippen LogP contribution is 2.13. The van der Waals surface area contributed by atoms with E-state index in [2.05, 4.69) is 34.2 Å². The third-order valence-corrected chi connectivity index (χ3v) is 3.66. The molecule has 3 nitrogen and oxygen atoms in total. The summed E-state index contributed by atoms with van der Waals surface area (Å²) in [7, 11) is 0. The molecule has 2 aromatic rings. The van der Waals surface area contributed by atoms with Crippen molar-refractivity contribution >= 4 is 11.3 Å². The molecule has 1 unspecified atom stereocenters. The van der Waals surface area contributed by atoms with Crippen LogP contribution < -0.4 is 5.32 Å².